The largest absolute Gasteiger partial charge is 0.322 e. The van der Waals surface area contributed by atoms with E-state index in [0.29, 0.717) is 0 Å². The van der Waals surface area contributed by atoms with Crippen molar-refractivity contribution in [2.45, 2.75) is 6.92 Å². The smallest absolute Gasteiger partial charge is 0.248 e. The Bertz CT molecular complexity index is 502. The lowest BCUT2D eigenvalue weighted by Crippen LogP contribution is -2.03. The van der Waals surface area contributed by atoms with Crippen LogP contribution < -0.4 is 5.56 Å². The Kier molecular flexibility index (Phi) is 2.14. The highest BCUT2D eigenvalue weighted by Crippen LogP contribution is 2.14. The number of nitrogens with one attached hydrogen (secondary N) is 1. The molecule has 0 radical (unpaired) electrons. The molecule has 0 spiro atoms. The normalized spacial score (nSPS) is 10.1. The molecule has 2 aromatic rings. The van der Waals surface area contributed by atoms with Crippen molar-refractivity contribution in [2.75, 3.05) is 0 Å². The first-order chi connectivity index (χ1) is 6.75. The maximum atomic E-state index is 11.1. The lowest BCUT2D eigenvalue weighted by Gasteiger charge is -2.00. The highest BCUT2D eigenvalue weighted by Gasteiger charge is 1.97. The molecule has 2 heterocycles. The second kappa shape index (κ2) is 3.46. The van der Waals surface area contributed by atoms with Crippen LogP contribution in [0.3, 0.4) is 0 Å². The molecule has 1 N–H and O–H groups in total. The molecule has 0 atom stereocenters. The van der Waals surface area contributed by atoms with Crippen LogP contribution in [0.4, 0.5) is 0 Å². The molecule has 70 valence electrons. The zero-order valence-electron chi connectivity index (χ0n) is 7.82. The van der Waals surface area contributed by atoms with Crippen LogP contribution in [0.1, 0.15) is 5.56 Å². The van der Waals surface area contributed by atoms with Gasteiger partial charge in [-0.2, -0.15) is 0 Å². The number of rotatable bonds is 1. The molecule has 2 aromatic heterocycles. The maximum absolute atomic E-state index is 11.1. The fourth-order valence-electron chi connectivity index (χ4n) is 1.32. The highest BCUT2D eigenvalue weighted by atomic mass is 16.1. The summed E-state index contributed by atoms with van der Waals surface area (Å²) >= 11 is 0. The number of H-pyrrole nitrogens is 1. The van der Waals surface area contributed by atoms with Crippen molar-refractivity contribution in [2.24, 2.45) is 0 Å². The van der Waals surface area contributed by atoms with E-state index < -0.39 is 0 Å². The molecule has 0 saturated carbocycles. The molecule has 0 saturated heterocycles. The number of nitrogens with zero attached hydrogens (tertiary/aromatic N) is 1. The summed E-state index contributed by atoms with van der Waals surface area (Å²) in [4.78, 5) is 17.9. The summed E-state index contributed by atoms with van der Waals surface area (Å²) in [6, 6.07) is 7.07. The summed E-state index contributed by atoms with van der Waals surface area (Å²) in [6.07, 6.45) is 3.52. The summed E-state index contributed by atoms with van der Waals surface area (Å²) in [7, 11) is 0. The van der Waals surface area contributed by atoms with E-state index in [4.69, 9.17) is 0 Å². The topological polar surface area (TPSA) is 45.8 Å². The van der Waals surface area contributed by atoms with E-state index in [1.807, 2.05) is 19.1 Å². The van der Waals surface area contributed by atoms with Gasteiger partial charge in [0.05, 0.1) is 0 Å². The van der Waals surface area contributed by atoms with Crippen molar-refractivity contribution in [1.29, 1.82) is 0 Å². The Morgan fingerprint density at radius 2 is 2.14 bits per heavy atom. The highest BCUT2D eigenvalue weighted by molar-refractivity contribution is 5.57. The molecule has 0 amide bonds. The summed E-state index contributed by atoms with van der Waals surface area (Å²) in [5.74, 6) is 0. The Hall–Kier alpha value is -1.90. The number of aryl methyl sites for hydroxylation is 1. The number of hydrogen-bond donors (Lipinski definition) is 1. The summed E-state index contributed by atoms with van der Waals surface area (Å²) in [6.45, 7) is 1.97. The molecular weight excluding hydrogens is 176 g/mol. The number of aromatic amines is 1. The minimum absolute atomic E-state index is 0.0935. The molecule has 0 bridgehead atoms. The molecule has 0 aliphatic carbocycles. The first kappa shape index (κ1) is 8.69. The van der Waals surface area contributed by atoms with Gasteiger partial charge in [0, 0.05) is 29.7 Å². The number of pyridine rings is 2. The van der Waals surface area contributed by atoms with Gasteiger partial charge in [-0.15, -0.1) is 0 Å². The van der Waals surface area contributed by atoms with Gasteiger partial charge in [-0.25, -0.2) is 0 Å². The Morgan fingerprint density at radius 1 is 1.29 bits per heavy atom. The molecular formula is C11H10N2O. The van der Waals surface area contributed by atoms with Gasteiger partial charge in [0.1, 0.15) is 0 Å². The summed E-state index contributed by atoms with van der Waals surface area (Å²) < 4.78 is 0. The van der Waals surface area contributed by atoms with Crippen molar-refractivity contribution < 1.29 is 0 Å². The quantitative estimate of drug-likeness (QED) is 0.737. The predicted octanol–water partition coefficient (Wildman–Crippen LogP) is 1.75. The minimum Gasteiger partial charge on any atom is -0.322 e. The van der Waals surface area contributed by atoms with E-state index in [9.17, 15) is 4.79 Å². The summed E-state index contributed by atoms with van der Waals surface area (Å²) in [5, 5.41) is 0. The lowest BCUT2D eigenvalue weighted by molar-refractivity contribution is 1.21. The van der Waals surface area contributed by atoms with Crippen LogP contribution in [-0.4, -0.2) is 9.97 Å². The molecule has 3 nitrogen and oxygen atoms in total. The van der Waals surface area contributed by atoms with Crippen molar-refractivity contribution in [3.63, 3.8) is 0 Å². The Balaban J connectivity index is 2.55. The SMILES string of the molecule is Cc1cncc(-c2cccc(=O)[nH]2)c1. The molecule has 0 aromatic carbocycles. The molecule has 14 heavy (non-hydrogen) atoms. The van der Waals surface area contributed by atoms with Gasteiger partial charge in [-0.1, -0.05) is 6.07 Å². The Labute approximate surface area is 81.5 Å². The Morgan fingerprint density at radius 3 is 2.86 bits per heavy atom. The van der Waals surface area contributed by atoms with Gasteiger partial charge in [0.2, 0.25) is 5.56 Å². The van der Waals surface area contributed by atoms with Crippen molar-refractivity contribution in [3.05, 3.63) is 52.6 Å². The van der Waals surface area contributed by atoms with E-state index in [-0.39, 0.29) is 5.56 Å². The first-order valence-corrected chi connectivity index (χ1v) is 4.37. The first-order valence-electron chi connectivity index (χ1n) is 4.37. The fraction of sp³-hybridized carbons (Fsp3) is 0.0909. The number of hydrogen-bond acceptors (Lipinski definition) is 2. The van der Waals surface area contributed by atoms with Gasteiger partial charge >= 0.3 is 0 Å². The van der Waals surface area contributed by atoms with Crippen molar-refractivity contribution in [3.8, 4) is 11.3 Å². The van der Waals surface area contributed by atoms with Gasteiger partial charge in [0.25, 0.3) is 0 Å². The molecule has 0 unspecified atom stereocenters. The van der Waals surface area contributed by atoms with Crippen molar-refractivity contribution in [1.82, 2.24) is 9.97 Å². The van der Waals surface area contributed by atoms with Gasteiger partial charge in [-0.3, -0.25) is 9.78 Å². The van der Waals surface area contributed by atoms with Crippen LogP contribution in [-0.2, 0) is 0 Å². The third kappa shape index (κ3) is 1.71. The van der Waals surface area contributed by atoms with Crippen molar-refractivity contribution >= 4 is 0 Å². The zero-order valence-corrected chi connectivity index (χ0v) is 7.82. The molecule has 2 rings (SSSR count). The van der Waals surface area contributed by atoms with Gasteiger partial charge in [-0.05, 0) is 24.6 Å². The predicted molar refractivity (Wildman–Crippen MR) is 55.0 cm³/mol. The second-order valence-electron chi connectivity index (χ2n) is 3.18. The molecule has 0 aliphatic rings. The minimum atomic E-state index is -0.0935. The van der Waals surface area contributed by atoms with E-state index in [1.165, 1.54) is 6.07 Å². The van der Waals surface area contributed by atoms with E-state index >= 15 is 0 Å². The van der Waals surface area contributed by atoms with Gasteiger partial charge in [0.15, 0.2) is 0 Å². The third-order valence-corrected chi connectivity index (χ3v) is 1.95. The van der Waals surface area contributed by atoms with Crippen LogP contribution >= 0.6 is 0 Å². The molecule has 0 fully saturated rings. The summed E-state index contributed by atoms with van der Waals surface area (Å²) in [5.41, 5.74) is 2.72. The van der Waals surface area contributed by atoms with Crippen LogP contribution in [0.15, 0.2) is 41.5 Å². The third-order valence-electron chi connectivity index (χ3n) is 1.95. The van der Waals surface area contributed by atoms with Crippen LogP contribution in [0, 0.1) is 6.92 Å². The molecule has 3 heteroatoms. The standard InChI is InChI=1S/C11H10N2O/c1-8-5-9(7-12-6-8)10-3-2-4-11(14)13-10/h2-7H,1H3,(H,13,14). The van der Waals surface area contributed by atoms with E-state index in [1.54, 1.807) is 18.5 Å². The average Bonchev–Trinajstić information content (AvgIpc) is 2.18. The fourth-order valence-corrected chi connectivity index (χ4v) is 1.32. The maximum Gasteiger partial charge on any atom is 0.248 e. The zero-order chi connectivity index (χ0) is 9.97. The van der Waals surface area contributed by atoms with E-state index in [2.05, 4.69) is 9.97 Å². The monoisotopic (exact) mass is 186 g/mol. The average molecular weight is 186 g/mol. The second-order valence-corrected chi connectivity index (χ2v) is 3.18. The number of aromatic nitrogens is 2. The van der Waals surface area contributed by atoms with Crippen LogP contribution in [0.25, 0.3) is 11.3 Å². The van der Waals surface area contributed by atoms with Crippen LogP contribution in [0.2, 0.25) is 0 Å². The van der Waals surface area contributed by atoms with Gasteiger partial charge < -0.3 is 4.98 Å². The van der Waals surface area contributed by atoms with Crippen LogP contribution in [0.5, 0.6) is 0 Å². The lowest BCUT2D eigenvalue weighted by atomic mass is 10.1. The van der Waals surface area contributed by atoms with E-state index in [0.717, 1.165) is 16.8 Å². The molecule has 0 aliphatic heterocycles.